The molecule has 0 unspecified atom stereocenters. The first kappa shape index (κ1) is 21.7. The zero-order valence-corrected chi connectivity index (χ0v) is 14.4. The minimum absolute atomic E-state index is 0. The van der Waals surface area contributed by atoms with Gasteiger partial charge in [0.05, 0.1) is 0 Å². The Balaban J connectivity index is 0. The summed E-state index contributed by atoms with van der Waals surface area (Å²) in [4.78, 5) is 2.50. The Bertz CT molecular complexity index is 305. The number of nitrogen functional groups attached to an aromatic ring is 1. The monoisotopic (exact) mass is 320 g/mol. The minimum Gasteiger partial charge on any atom is -0.399 e. The first-order valence-corrected chi connectivity index (χ1v) is 7.38. The molecule has 0 saturated heterocycles. The Morgan fingerprint density at radius 3 is 1.65 bits per heavy atom. The average molecular weight is 321 g/mol. The van der Waals surface area contributed by atoms with Crippen LogP contribution in [0.1, 0.15) is 52.4 Å². The van der Waals surface area contributed by atoms with Crippen LogP contribution in [0.25, 0.3) is 0 Å². The Labute approximate surface area is 136 Å². The number of rotatable bonds is 9. The van der Waals surface area contributed by atoms with Crippen molar-refractivity contribution < 1.29 is 0 Å². The van der Waals surface area contributed by atoms with Crippen molar-refractivity contribution in [2.45, 2.75) is 52.4 Å². The summed E-state index contributed by atoms with van der Waals surface area (Å²) in [6, 6.07) is 8.30. The second-order valence-electron chi connectivity index (χ2n) is 4.99. The van der Waals surface area contributed by atoms with Crippen LogP contribution in [-0.4, -0.2) is 13.1 Å². The third kappa shape index (κ3) is 8.55. The molecular formula is C16H30Cl2N2. The van der Waals surface area contributed by atoms with E-state index in [2.05, 4.69) is 30.9 Å². The second kappa shape index (κ2) is 13.4. The molecule has 0 atom stereocenters. The number of nitrogens with zero attached hydrogens (tertiary/aromatic N) is 1. The molecule has 0 fully saturated rings. The molecule has 0 heterocycles. The highest BCUT2D eigenvalue weighted by Crippen LogP contribution is 2.18. The van der Waals surface area contributed by atoms with Crippen LogP contribution >= 0.6 is 24.8 Å². The second-order valence-corrected chi connectivity index (χ2v) is 4.99. The predicted octanol–water partition coefficient (Wildman–Crippen LogP) is 5.30. The third-order valence-corrected chi connectivity index (χ3v) is 3.32. The standard InChI is InChI=1S/C16H28N2.2ClH/c1-3-5-7-13-18(14-8-6-4-2)16-11-9-15(17)10-12-16;;/h9-12H,3-8,13-14,17H2,1-2H3;2*1H. The summed E-state index contributed by atoms with van der Waals surface area (Å²) in [6.45, 7) is 6.85. The molecule has 20 heavy (non-hydrogen) atoms. The fourth-order valence-electron chi connectivity index (χ4n) is 2.16. The van der Waals surface area contributed by atoms with E-state index in [0.717, 1.165) is 5.69 Å². The fraction of sp³-hybridized carbons (Fsp3) is 0.625. The lowest BCUT2D eigenvalue weighted by Gasteiger charge is -2.25. The van der Waals surface area contributed by atoms with Crippen molar-refractivity contribution in [2.24, 2.45) is 0 Å². The maximum Gasteiger partial charge on any atom is 0.0367 e. The van der Waals surface area contributed by atoms with Gasteiger partial charge in [-0.3, -0.25) is 0 Å². The topological polar surface area (TPSA) is 29.3 Å². The number of hydrogen-bond donors (Lipinski definition) is 1. The average Bonchev–Trinajstić information content (AvgIpc) is 2.38. The maximum atomic E-state index is 5.75. The summed E-state index contributed by atoms with van der Waals surface area (Å²) in [7, 11) is 0. The lowest BCUT2D eigenvalue weighted by molar-refractivity contribution is 0.636. The molecule has 118 valence electrons. The van der Waals surface area contributed by atoms with E-state index in [1.165, 1.54) is 57.3 Å². The molecule has 0 aliphatic heterocycles. The number of anilines is 2. The summed E-state index contributed by atoms with van der Waals surface area (Å²) in [5.41, 5.74) is 7.92. The highest BCUT2D eigenvalue weighted by Gasteiger charge is 2.05. The van der Waals surface area contributed by atoms with E-state index in [4.69, 9.17) is 5.73 Å². The molecular weight excluding hydrogens is 291 g/mol. The van der Waals surface area contributed by atoms with Gasteiger partial charge in [0.1, 0.15) is 0 Å². The van der Waals surface area contributed by atoms with E-state index >= 15 is 0 Å². The van der Waals surface area contributed by atoms with Crippen LogP contribution in [0.4, 0.5) is 11.4 Å². The first-order chi connectivity index (χ1) is 8.77. The van der Waals surface area contributed by atoms with Crippen LogP contribution in [0, 0.1) is 0 Å². The number of unbranched alkanes of at least 4 members (excludes halogenated alkanes) is 4. The lowest BCUT2D eigenvalue weighted by Crippen LogP contribution is -2.25. The molecule has 0 bridgehead atoms. The van der Waals surface area contributed by atoms with Crippen LogP contribution in [0.2, 0.25) is 0 Å². The lowest BCUT2D eigenvalue weighted by atomic mass is 10.2. The molecule has 2 nitrogen and oxygen atoms in total. The molecule has 0 spiro atoms. The largest absolute Gasteiger partial charge is 0.399 e. The van der Waals surface area contributed by atoms with Crippen LogP contribution in [0.5, 0.6) is 0 Å². The summed E-state index contributed by atoms with van der Waals surface area (Å²) >= 11 is 0. The third-order valence-electron chi connectivity index (χ3n) is 3.32. The smallest absolute Gasteiger partial charge is 0.0367 e. The molecule has 1 aromatic carbocycles. The van der Waals surface area contributed by atoms with E-state index < -0.39 is 0 Å². The summed E-state index contributed by atoms with van der Waals surface area (Å²) in [5, 5.41) is 0. The van der Waals surface area contributed by atoms with Crippen molar-refractivity contribution in [2.75, 3.05) is 23.7 Å². The molecule has 2 N–H and O–H groups in total. The summed E-state index contributed by atoms with van der Waals surface area (Å²) < 4.78 is 0. The molecule has 0 aliphatic rings. The first-order valence-electron chi connectivity index (χ1n) is 7.38. The molecule has 0 amide bonds. The Morgan fingerprint density at radius 2 is 1.25 bits per heavy atom. The van der Waals surface area contributed by atoms with E-state index in [-0.39, 0.29) is 24.8 Å². The van der Waals surface area contributed by atoms with Crippen molar-refractivity contribution >= 4 is 36.2 Å². The van der Waals surface area contributed by atoms with Gasteiger partial charge >= 0.3 is 0 Å². The van der Waals surface area contributed by atoms with Crippen molar-refractivity contribution in [1.82, 2.24) is 0 Å². The quantitative estimate of drug-likeness (QED) is 0.494. The van der Waals surface area contributed by atoms with Crippen molar-refractivity contribution in [1.29, 1.82) is 0 Å². The van der Waals surface area contributed by atoms with Gasteiger partial charge in [0.2, 0.25) is 0 Å². The van der Waals surface area contributed by atoms with E-state index in [0.29, 0.717) is 0 Å². The van der Waals surface area contributed by atoms with E-state index in [1.807, 2.05) is 12.1 Å². The normalized spacial score (nSPS) is 9.50. The highest BCUT2D eigenvalue weighted by atomic mass is 35.5. The van der Waals surface area contributed by atoms with Crippen molar-refractivity contribution in [3.8, 4) is 0 Å². The maximum absolute atomic E-state index is 5.75. The van der Waals surface area contributed by atoms with Crippen LogP contribution in [0.3, 0.4) is 0 Å². The molecule has 0 radical (unpaired) electrons. The molecule has 0 aliphatic carbocycles. The number of benzene rings is 1. The zero-order valence-electron chi connectivity index (χ0n) is 12.8. The number of nitrogens with two attached hydrogens (primary N) is 1. The van der Waals surface area contributed by atoms with Gasteiger partial charge in [-0.25, -0.2) is 0 Å². The van der Waals surface area contributed by atoms with Crippen LogP contribution in [0.15, 0.2) is 24.3 Å². The Kier molecular flexibility index (Phi) is 14.5. The minimum atomic E-state index is 0. The van der Waals surface area contributed by atoms with E-state index in [9.17, 15) is 0 Å². The van der Waals surface area contributed by atoms with Gasteiger partial charge in [0.25, 0.3) is 0 Å². The van der Waals surface area contributed by atoms with Gasteiger partial charge in [-0.15, -0.1) is 24.8 Å². The van der Waals surface area contributed by atoms with Crippen molar-refractivity contribution in [3.05, 3.63) is 24.3 Å². The van der Waals surface area contributed by atoms with Gasteiger partial charge in [-0.05, 0) is 37.1 Å². The predicted molar refractivity (Wildman–Crippen MR) is 96.6 cm³/mol. The number of hydrogen-bond acceptors (Lipinski definition) is 2. The fourth-order valence-corrected chi connectivity index (χ4v) is 2.16. The van der Waals surface area contributed by atoms with Crippen molar-refractivity contribution in [3.63, 3.8) is 0 Å². The SMILES string of the molecule is CCCCCN(CCCCC)c1ccc(N)cc1.Cl.Cl. The van der Waals surface area contributed by atoms with Gasteiger partial charge in [-0.2, -0.15) is 0 Å². The molecule has 0 saturated carbocycles. The Morgan fingerprint density at radius 1 is 0.800 bits per heavy atom. The molecule has 1 aromatic rings. The number of halogens is 2. The van der Waals surface area contributed by atoms with Gasteiger partial charge in [0.15, 0.2) is 0 Å². The summed E-state index contributed by atoms with van der Waals surface area (Å²) in [5.74, 6) is 0. The van der Waals surface area contributed by atoms with E-state index in [1.54, 1.807) is 0 Å². The molecule has 0 aromatic heterocycles. The van der Waals surface area contributed by atoms with Gasteiger partial charge in [0, 0.05) is 24.5 Å². The van der Waals surface area contributed by atoms with Gasteiger partial charge in [-0.1, -0.05) is 39.5 Å². The van der Waals surface area contributed by atoms with Crippen LogP contribution in [-0.2, 0) is 0 Å². The zero-order chi connectivity index (χ0) is 13.2. The highest BCUT2D eigenvalue weighted by molar-refractivity contribution is 5.85. The Hall–Kier alpha value is -0.600. The molecule has 1 rings (SSSR count). The van der Waals surface area contributed by atoms with Crippen LogP contribution < -0.4 is 10.6 Å². The summed E-state index contributed by atoms with van der Waals surface area (Å²) in [6.07, 6.45) is 7.77. The molecule has 4 heteroatoms. The van der Waals surface area contributed by atoms with Gasteiger partial charge < -0.3 is 10.6 Å².